The van der Waals surface area contributed by atoms with Crippen molar-refractivity contribution in [3.8, 4) is 0 Å². The molecule has 0 amide bonds. The van der Waals surface area contributed by atoms with Crippen molar-refractivity contribution in [2.24, 2.45) is 0 Å². The second kappa shape index (κ2) is 3.05. The summed E-state index contributed by atoms with van der Waals surface area (Å²) in [5, 5.41) is -0.257. The van der Waals surface area contributed by atoms with Crippen molar-refractivity contribution < 1.29 is 12.8 Å². The molecule has 2 nitrogen and oxygen atoms in total. The summed E-state index contributed by atoms with van der Waals surface area (Å²) in [7, 11) is -2.93. The van der Waals surface area contributed by atoms with Crippen LogP contribution in [0.3, 0.4) is 0 Å². The highest BCUT2D eigenvalue weighted by molar-refractivity contribution is 7.91. The fourth-order valence-electron chi connectivity index (χ4n) is 1.71. The Labute approximate surface area is 82.7 Å². The van der Waals surface area contributed by atoms with E-state index >= 15 is 0 Å². The molecule has 1 aromatic rings. The predicted octanol–water partition coefficient (Wildman–Crippen LogP) is 1.73. The summed E-state index contributed by atoms with van der Waals surface area (Å²) in [5.41, 5.74) is 0.918. The zero-order valence-electron chi connectivity index (χ0n) is 7.77. The van der Waals surface area contributed by atoms with Crippen LogP contribution in [-0.4, -0.2) is 19.9 Å². The van der Waals surface area contributed by atoms with Gasteiger partial charge < -0.3 is 0 Å². The van der Waals surface area contributed by atoms with Crippen LogP contribution < -0.4 is 0 Å². The van der Waals surface area contributed by atoms with Crippen molar-refractivity contribution in [3.05, 3.63) is 35.6 Å². The van der Waals surface area contributed by atoms with Gasteiger partial charge in [-0.2, -0.15) is 0 Å². The Morgan fingerprint density at radius 1 is 1.29 bits per heavy atom. The Morgan fingerprint density at radius 3 is 2.29 bits per heavy atom. The molecule has 0 saturated heterocycles. The van der Waals surface area contributed by atoms with Gasteiger partial charge in [-0.3, -0.25) is 0 Å². The van der Waals surface area contributed by atoms with Gasteiger partial charge in [0, 0.05) is 12.2 Å². The maximum atomic E-state index is 12.6. The number of hydrogen-bond donors (Lipinski definition) is 0. The molecule has 1 aliphatic carbocycles. The van der Waals surface area contributed by atoms with Crippen LogP contribution >= 0.6 is 0 Å². The van der Waals surface area contributed by atoms with Gasteiger partial charge in [0.25, 0.3) is 0 Å². The maximum absolute atomic E-state index is 12.6. The maximum Gasteiger partial charge on any atom is 0.150 e. The topological polar surface area (TPSA) is 34.1 Å². The van der Waals surface area contributed by atoms with Gasteiger partial charge in [-0.25, -0.2) is 12.8 Å². The first-order valence-corrected chi connectivity index (χ1v) is 6.38. The average Bonchev–Trinajstić information content (AvgIpc) is 2.83. The zero-order chi connectivity index (χ0) is 10.3. The number of benzene rings is 1. The molecule has 2 atom stereocenters. The van der Waals surface area contributed by atoms with E-state index in [1.54, 1.807) is 12.1 Å². The van der Waals surface area contributed by atoms with E-state index in [1.807, 2.05) is 0 Å². The van der Waals surface area contributed by atoms with Gasteiger partial charge in [0.2, 0.25) is 0 Å². The van der Waals surface area contributed by atoms with Crippen molar-refractivity contribution >= 4 is 9.84 Å². The SMILES string of the molecule is CS(=O)(=O)[C@@H]1C[C@@H]1c1ccc(F)cc1. The molecule has 0 heterocycles. The highest BCUT2D eigenvalue weighted by Crippen LogP contribution is 2.45. The molecule has 1 saturated carbocycles. The molecule has 2 rings (SSSR count). The van der Waals surface area contributed by atoms with Gasteiger partial charge in [-0.05, 0) is 24.1 Å². The number of hydrogen-bond acceptors (Lipinski definition) is 2. The lowest BCUT2D eigenvalue weighted by Crippen LogP contribution is -2.05. The third-order valence-corrected chi connectivity index (χ3v) is 4.20. The Hall–Kier alpha value is -0.900. The van der Waals surface area contributed by atoms with Crippen LogP contribution in [0.4, 0.5) is 4.39 Å². The average molecular weight is 214 g/mol. The normalized spacial score (nSPS) is 26.1. The van der Waals surface area contributed by atoms with Gasteiger partial charge in [-0.15, -0.1) is 0 Å². The highest BCUT2D eigenvalue weighted by Gasteiger charge is 2.45. The van der Waals surface area contributed by atoms with E-state index in [-0.39, 0.29) is 17.0 Å². The summed E-state index contributed by atoms with van der Waals surface area (Å²) in [6.45, 7) is 0. The van der Waals surface area contributed by atoms with Crippen LogP contribution in [0.1, 0.15) is 17.9 Å². The molecule has 0 aliphatic heterocycles. The molecule has 0 spiro atoms. The van der Waals surface area contributed by atoms with E-state index in [0.717, 1.165) is 5.56 Å². The quantitative estimate of drug-likeness (QED) is 0.751. The Kier molecular flexibility index (Phi) is 2.10. The van der Waals surface area contributed by atoms with Gasteiger partial charge in [-0.1, -0.05) is 12.1 Å². The van der Waals surface area contributed by atoms with Gasteiger partial charge >= 0.3 is 0 Å². The second-order valence-corrected chi connectivity index (χ2v) is 6.03. The van der Waals surface area contributed by atoms with E-state index in [0.29, 0.717) is 6.42 Å². The first-order valence-electron chi connectivity index (χ1n) is 4.43. The van der Waals surface area contributed by atoms with Crippen molar-refractivity contribution in [2.45, 2.75) is 17.6 Å². The molecule has 0 unspecified atom stereocenters. The van der Waals surface area contributed by atoms with E-state index in [4.69, 9.17) is 0 Å². The van der Waals surface area contributed by atoms with Crippen molar-refractivity contribution in [3.63, 3.8) is 0 Å². The molecule has 4 heteroatoms. The van der Waals surface area contributed by atoms with Crippen molar-refractivity contribution in [1.29, 1.82) is 0 Å². The van der Waals surface area contributed by atoms with E-state index in [9.17, 15) is 12.8 Å². The molecule has 1 aromatic carbocycles. The second-order valence-electron chi connectivity index (χ2n) is 3.76. The lowest BCUT2D eigenvalue weighted by Gasteiger charge is -1.98. The molecule has 0 radical (unpaired) electrons. The molecule has 0 bridgehead atoms. The van der Waals surface area contributed by atoms with Gasteiger partial charge in [0.1, 0.15) is 5.82 Å². The molecular weight excluding hydrogens is 203 g/mol. The number of rotatable bonds is 2. The minimum atomic E-state index is -2.93. The Balaban J connectivity index is 2.18. The molecular formula is C10H11FO2S. The largest absolute Gasteiger partial charge is 0.229 e. The van der Waals surface area contributed by atoms with Crippen molar-refractivity contribution in [1.82, 2.24) is 0 Å². The lowest BCUT2D eigenvalue weighted by atomic mass is 10.1. The Morgan fingerprint density at radius 2 is 1.86 bits per heavy atom. The van der Waals surface area contributed by atoms with Crippen molar-refractivity contribution in [2.75, 3.05) is 6.26 Å². The van der Waals surface area contributed by atoms with E-state index in [1.165, 1.54) is 18.4 Å². The standard InChI is InChI=1S/C10H11FO2S/c1-14(12,13)10-6-9(10)7-2-4-8(11)5-3-7/h2-5,9-10H,6H2,1H3/t9-,10-/m1/s1. The number of sulfone groups is 1. The summed E-state index contributed by atoms with van der Waals surface area (Å²) < 4.78 is 34.9. The van der Waals surface area contributed by atoms with Crippen LogP contribution in [0.5, 0.6) is 0 Å². The molecule has 1 aliphatic rings. The van der Waals surface area contributed by atoms with Crippen LogP contribution in [0.25, 0.3) is 0 Å². The highest BCUT2D eigenvalue weighted by atomic mass is 32.2. The first kappa shape index (κ1) is 9.65. The predicted molar refractivity (Wildman–Crippen MR) is 52.4 cm³/mol. The fraction of sp³-hybridized carbons (Fsp3) is 0.400. The summed E-state index contributed by atoms with van der Waals surface area (Å²) in [6, 6.07) is 6.05. The first-order chi connectivity index (χ1) is 6.48. The minimum Gasteiger partial charge on any atom is -0.229 e. The molecule has 1 fully saturated rings. The summed E-state index contributed by atoms with van der Waals surface area (Å²) in [4.78, 5) is 0. The summed E-state index contributed by atoms with van der Waals surface area (Å²) in [5.74, 6) is -0.212. The Bertz CT molecular complexity index is 436. The lowest BCUT2D eigenvalue weighted by molar-refractivity contribution is 0.600. The monoisotopic (exact) mass is 214 g/mol. The third-order valence-electron chi connectivity index (χ3n) is 2.58. The van der Waals surface area contributed by atoms with E-state index < -0.39 is 9.84 Å². The number of halogens is 1. The van der Waals surface area contributed by atoms with Crippen LogP contribution in [0, 0.1) is 5.82 Å². The van der Waals surface area contributed by atoms with Crippen LogP contribution in [-0.2, 0) is 9.84 Å². The van der Waals surface area contributed by atoms with Gasteiger partial charge in [0.05, 0.1) is 5.25 Å². The molecule has 14 heavy (non-hydrogen) atoms. The fourth-order valence-corrected chi connectivity index (χ4v) is 3.02. The molecule has 76 valence electrons. The molecule has 0 N–H and O–H groups in total. The van der Waals surface area contributed by atoms with Crippen LogP contribution in [0.2, 0.25) is 0 Å². The third kappa shape index (κ3) is 1.80. The molecule has 0 aromatic heterocycles. The zero-order valence-corrected chi connectivity index (χ0v) is 8.59. The van der Waals surface area contributed by atoms with Gasteiger partial charge in [0.15, 0.2) is 9.84 Å². The smallest absolute Gasteiger partial charge is 0.150 e. The summed E-state index contributed by atoms with van der Waals surface area (Å²) >= 11 is 0. The summed E-state index contributed by atoms with van der Waals surface area (Å²) in [6.07, 6.45) is 1.92. The van der Waals surface area contributed by atoms with E-state index in [2.05, 4.69) is 0 Å². The minimum absolute atomic E-state index is 0.0746. The van der Waals surface area contributed by atoms with Crippen LogP contribution in [0.15, 0.2) is 24.3 Å².